The fourth-order valence-corrected chi connectivity index (χ4v) is 2.31. The van der Waals surface area contributed by atoms with Crippen LogP contribution in [0.4, 0.5) is 4.39 Å². The van der Waals surface area contributed by atoms with Crippen molar-refractivity contribution in [1.29, 1.82) is 0 Å². The van der Waals surface area contributed by atoms with Crippen LogP contribution in [0.1, 0.15) is 22.8 Å². The molecule has 0 aliphatic rings. The molecule has 2 rings (SSSR count). The zero-order valence-electron chi connectivity index (χ0n) is 9.32. The van der Waals surface area contributed by atoms with Gasteiger partial charge in [0.15, 0.2) is 0 Å². The van der Waals surface area contributed by atoms with Gasteiger partial charge in [-0.2, -0.15) is 0 Å². The number of aryl methyl sites for hydroxylation is 1. The Balaban J connectivity index is 2.40. The lowest BCUT2D eigenvalue weighted by Gasteiger charge is -2.13. The van der Waals surface area contributed by atoms with E-state index >= 15 is 0 Å². The summed E-state index contributed by atoms with van der Waals surface area (Å²) in [6.07, 6.45) is -0.745. The summed E-state index contributed by atoms with van der Waals surface area (Å²) in [5.74, 6) is -0.322. The first-order chi connectivity index (χ1) is 8.08. The molecular formula is C14H12BrFO. The number of aliphatic hydroxyl groups is 1. The second-order valence-corrected chi connectivity index (χ2v) is 4.84. The Morgan fingerprint density at radius 3 is 2.59 bits per heavy atom. The third kappa shape index (κ3) is 2.73. The van der Waals surface area contributed by atoms with Gasteiger partial charge < -0.3 is 5.11 Å². The molecule has 88 valence electrons. The van der Waals surface area contributed by atoms with Gasteiger partial charge >= 0.3 is 0 Å². The van der Waals surface area contributed by atoms with Crippen molar-refractivity contribution in [3.63, 3.8) is 0 Å². The highest BCUT2D eigenvalue weighted by molar-refractivity contribution is 9.10. The molecule has 0 heterocycles. The maximum Gasteiger partial charge on any atom is 0.124 e. The van der Waals surface area contributed by atoms with Crippen LogP contribution in [0.3, 0.4) is 0 Å². The maximum atomic E-state index is 13.0. The largest absolute Gasteiger partial charge is 0.384 e. The molecule has 0 amide bonds. The van der Waals surface area contributed by atoms with Gasteiger partial charge in [-0.15, -0.1) is 0 Å². The van der Waals surface area contributed by atoms with Crippen LogP contribution in [0.2, 0.25) is 0 Å². The van der Waals surface area contributed by atoms with Gasteiger partial charge in [0.2, 0.25) is 0 Å². The molecule has 17 heavy (non-hydrogen) atoms. The van der Waals surface area contributed by atoms with Gasteiger partial charge in [0.05, 0.1) is 0 Å². The molecule has 0 aromatic heterocycles. The van der Waals surface area contributed by atoms with E-state index in [0.717, 1.165) is 11.1 Å². The molecule has 0 saturated heterocycles. The van der Waals surface area contributed by atoms with Crippen molar-refractivity contribution in [2.45, 2.75) is 13.0 Å². The fraction of sp³-hybridized carbons (Fsp3) is 0.143. The SMILES string of the molecule is Cc1cccc(C(O)c2ccc(F)cc2Br)c1. The second-order valence-electron chi connectivity index (χ2n) is 3.98. The highest BCUT2D eigenvalue weighted by Gasteiger charge is 2.14. The van der Waals surface area contributed by atoms with Gasteiger partial charge in [-0.05, 0) is 30.2 Å². The lowest BCUT2D eigenvalue weighted by molar-refractivity contribution is 0.219. The number of benzene rings is 2. The summed E-state index contributed by atoms with van der Waals surface area (Å²) in [4.78, 5) is 0. The standard InChI is InChI=1S/C14H12BrFO/c1-9-3-2-4-10(7-9)14(17)12-6-5-11(16)8-13(12)15/h2-8,14,17H,1H3. The average molecular weight is 295 g/mol. The lowest BCUT2D eigenvalue weighted by Crippen LogP contribution is -2.01. The predicted octanol–water partition coefficient (Wildman–Crippen LogP) is 3.98. The van der Waals surface area contributed by atoms with Crippen LogP contribution in [0, 0.1) is 12.7 Å². The molecule has 0 spiro atoms. The Labute approximate surface area is 108 Å². The van der Waals surface area contributed by atoms with E-state index in [1.54, 1.807) is 6.07 Å². The Morgan fingerprint density at radius 1 is 1.18 bits per heavy atom. The molecule has 3 heteroatoms. The van der Waals surface area contributed by atoms with Crippen molar-refractivity contribution in [1.82, 2.24) is 0 Å². The van der Waals surface area contributed by atoms with Gasteiger partial charge in [0.25, 0.3) is 0 Å². The van der Waals surface area contributed by atoms with Crippen molar-refractivity contribution in [3.05, 3.63) is 69.4 Å². The normalized spacial score (nSPS) is 12.5. The molecule has 2 aromatic carbocycles. The van der Waals surface area contributed by atoms with E-state index in [-0.39, 0.29) is 5.82 Å². The van der Waals surface area contributed by atoms with Crippen molar-refractivity contribution in [3.8, 4) is 0 Å². The van der Waals surface area contributed by atoms with E-state index in [0.29, 0.717) is 10.0 Å². The summed E-state index contributed by atoms with van der Waals surface area (Å²) in [5.41, 5.74) is 2.55. The van der Waals surface area contributed by atoms with Crippen LogP contribution < -0.4 is 0 Å². The zero-order valence-corrected chi connectivity index (χ0v) is 10.9. The molecule has 0 aliphatic heterocycles. The summed E-state index contributed by atoms with van der Waals surface area (Å²) >= 11 is 3.26. The highest BCUT2D eigenvalue weighted by atomic mass is 79.9. The molecule has 0 fully saturated rings. The maximum absolute atomic E-state index is 13.0. The van der Waals surface area contributed by atoms with Crippen LogP contribution in [0.5, 0.6) is 0 Å². The molecule has 0 radical (unpaired) electrons. The topological polar surface area (TPSA) is 20.2 Å². The van der Waals surface area contributed by atoms with E-state index in [1.807, 2.05) is 31.2 Å². The summed E-state index contributed by atoms with van der Waals surface area (Å²) in [7, 11) is 0. The number of hydrogen-bond acceptors (Lipinski definition) is 1. The average Bonchev–Trinajstić information content (AvgIpc) is 2.28. The minimum absolute atomic E-state index is 0.322. The Hall–Kier alpha value is -1.19. The molecule has 1 atom stereocenters. The number of halogens is 2. The lowest BCUT2D eigenvalue weighted by atomic mass is 10.00. The highest BCUT2D eigenvalue weighted by Crippen LogP contribution is 2.29. The number of aliphatic hydroxyl groups excluding tert-OH is 1. The van der Waals surface area contributed by atoms with Gasteiger partial charge in [0, 0.05) is 4.47 Å². The minimum atomic E-state index is -0.745. The molecule has 0 saturated carbocycles. The molecule has 1 N–H and O–H groups in total. The molecule has 2 aromatic rings. The third-order valence-corrected chi connectivity index (χ3v) is 3.30. The van der Waals surface area contributed by atoms with E-state index < -0.39 is 6.10 Å². The van der Waals surface area contributed by atoms with Crippen LogP contribution in [0.25, 0.3) is 0 Å². The van der Waals surface area contributed by atoms with Gasteiger partial charge in [0.1, 0.15) is 11.9 Å². The molecule has 1 unspecified atom stereocenters. The Kier molecular flexibility index (Phi) is 3.60. The number of hydrogen-bond donors (Lipinski definition) is 1. The third-order valence-electron chi connectivity index (χ3n) is 2.61. The van der Waals surface area contributed by atoms with Gasteiger partial charge in [-0.1, -0.05) is 51.8 Å². The van der Waals surface area contributed by atoms with Crippen LogP contribution in [-0.2, 0) is 0 Å². The first-order valence-corrected chi connectivity index (χ1v) is 6.07. The van der Waals surface area contributed by atoms with Crippen LogP contribution in [0.15, 0.2) is 46.9 Å². The van der Waals surface area contributed by atoms with E-state index in [2.05, 4.69) is 15.9 Å². The zero-order chi connectivity index (χ0) is 12.4. The summed E-state index contributed by atoms with van der Waals surface area (Å²) in [6, 6.07) is 11.9. The van der Waals surface area contributed by atoms with E-state index in [1.165, 1.54) is 12.1 Å². The van der Waals surface area contributed by atoms with E-state index in [4.69, 9.17) is 0 Å². The summed E-state index contributed by atoms with van der Waals surface area (Å²) in [6.45, 7) is 1.97. The van der Waals surface area contributed by atoms with Crippen LogP contribution >= 0.6 is 15.9 Å². The van der Waals surface area contributed by atoms with Crippen molar-refractivity contribution >= 4 is 15.9 Å². The first-order valence-electron chi connectivity index (χ1n) is 5.27. The summed E-state index contributed by atoms with van der Waals surface area (Å²) < 4.78 is 13.5. The molecule has 0 aliphatic carbocycles. The summed E-state index contributed by atoms with van der Waals surface area (Å²) in [5, 5.41) is 10.2. The number of rotatable bonds is 2. The molecule has 1 nitrogen and oxygen atoms in total. The minimum Gasteiger partial charge on any atom is -0.384 e. The second kappa shape index (κ2) is 4.98. The monoisotopic (exact) mass is 294 g/mol. The van der Waals surface area contributed by atoms with Crippen LogP contribution in [-0.4, -0.2) is 5.11 Å². The Bertz CT molecular complexity index is 539. The van der Waals surface area contributed by atoms with Gasteiger partial charge in [-0.3, -0.25) is 0 Å². The first kappa shape index (κ1) is 12.3. The van der Waals surface area contributed by atoms with Crippen molar-refractivity contribution in [2.24, 2.45) is 0 Å². The quantitative estimate of drug-likeness (QED) is 0.888. The van der Waals surface area contributed by atoms with Crippen molar-refractivity contribution < 1.29 is 9.50 Å². The predicted molar refractivity (Wildman–Crippen MR) is 69.3 cm³/mol. The van der Waals surface area contributed by atoms with Gasteiger partial charge in [-0.25, -0.2) is 4.39 Å². The molecular weight excluding hydrogens is 283 g/mol. The fourth-order valence-electron chi connectivity index (χ4n) is 1.74. The van der Waals surface area contributed by atoms with Crippen molar-refractivity contribution in [2.75, 3.05) is 0 Å². The smallest absolute Gasteiger partial charge is 0.124 e. The van der Waals surface area contributed by atoms with E-state index in [9.17, 15) is 9.50 Å². The Morgan fingerprint density at radius 2 is 1.94 bits per heavy atom. The molecule has 0 bridgehead atoms.